The second-order valence-corrected chi connectivity index (χ2v) is 9.21. The molecule has 1 amide bonds. The van der Waals surface area contributed by atoms with E-state index in [0.29, 0.717) is 40.8 Å². The van der Waals surface area contributed by atoms with Crippen LogP contribution in [0.2, 0.25) is 0 Å². The van der Waals surface area contributed by atoms with Gasteiger partial charge in [0, 0.05) is 18.9 Å². The Balaban J connectivity index is 1.84. The van der Waals surface area contributed by atoms with E-state index in [4.69, 9.17) is 9.47 Å². The monoisotopic (exact) mass is 493 g/mol. The first-order valence-electron chi connectivity index (χ1n) is 11.4. The standard InChI is InChI=1S/C26H27N3O5S/c1-5-33-19-10-9-18(12-20(19)34-6-2)22-21(23(30)25-15(3)28-16(4)35-25)24(31)26(32)29(22)14-17-8-7-11-27-13-17/h7-13,22,31H,5-6,14H2,1-4H3. The summed E-state index contributed by atoms with van der Waals surface area (Å²) in [6.07, 6.45) is 3.30. The second kappa shape index (κ2) is 10.3. The molecule has 8 nitrogen and oxygen atoms in total. The van der Waals surface area contributed by atoms with Gasteiger partial charge in [0.25, 0.3) is 5.91 Å². The van der Waals surface area contributed by atoms with Crippen LogP contribution >= 0.6 is 11.3 Å². The zero-order valence-electron chi connectivity index (χ0n) is 20.1. The number of Topliss-reactive ketones (excluding diaryl/α,β-unsaturated/α-hetero) is 1. The Hall–Kier alpha value is -3.72. The SMILES string of the molecule is CCOc1ccc(C2C(C(=O)c3sc(C)nc3C)=C(O)C(=O)N2Cc2cccnc2)cc1OCC. The lowest BCUT2D eigenvalue weighted by molar-refractivity contribution is -0.130. The number of nitrogens with zero attached hydrogens (tertiary/aromatic N) is 3. The highest BCUT2D eigenvalue weighted by atomic mass is 32.1. The number of rotatable bonds is 9. The van der Waals surface area contributed by atoms with Gasteiger partial charge in [0.05, 0.1) is 40.4 Å². The number of carbonyl (C=O) groups excluding carboxylic acids is 2. The van der Waals surface area contributed by atoms with Crippen molar-refractivity contribution in [2.75, 3.05) is 13.2 Å². The maximum atomic E-state index is 13.7. The summed E-state index contributed by atoms with van der Waals surface area (Å²) < 4.78 is 11.5. The number of pyridine rings is 1. The van der Waals surface area contributed by atoms with Crippen LogP contribution in [0.25, 0.3) is 0 Å². The van der Waals surface area contributed by atoms with Gasteiger partial charge in [-0.2, -0.15) is 0 Å². The van der Waals surface area contributed by atoms with E-state index >= 15 is 0 Å². The lowest BCUT2D eigenvalue weighted by Crippen LogP contribution is -2.30. The fourth-order valence-corrected chi connectivity index (χ4v) is 5.06. The van der Waals surface area contributed by atoms with Crippen LogP contribution < -0.4 is 9.47 Å². The van der Waals surface area contributed by atoms with Crippen molar-refractivity contribution in [3.05, 3.63) is 80.8 Å². The van der Waals surface area contributed by atoms with E-state index in [1.807, 2.05) is 26.8 Å². The zero-order chi connectivity index (χ0) is 25.1. The highest BCUT2D eigenvalue weighted by molar-refractivity contribution is 7.14. The Kier molecular flexibility index (Phi) is 7.16. The van der Waals surface area contributed by atoms with Gasteiger partial charge >= 0.3 is 0 Å². The van der Waals surface area contributed by atoms with Crippen molar-refractivity contribution >= 4 is 23.0 Å². The molecule has 3 heterocycles. The summed E-state index contributed by atoms with van der Waals surface area (Å²) in [4.78, 5) is 37.4. The van der Waals surface area contributed by atoms with Crippen LogP contribution in [-0.2, 0) is 11.3 Å². The van der Waals surface area contributed by atoms with Crippen LogP contribution in [0.4, 0.5) is 0 Å². The van der Waals surface area contributed by atoms with E-state index in [9.17, 15) is 14.7 Å². The lowest BCUT2D eigenvalue weighted by atomic mass is 9.94. The van der Waals surface area contributed by atoms with Crippen molar-refractivity contribution in [1.82, 2.24) is 14.9 Å². The van der Waals surface area contributed by atoms with E-state index in [-0.39, 0.29) is 12.1 Å². The van der Waals surface area contributed by atoms with Crippen LogP contribution in [0.5, 0.6) is 11.5 Å². The first-order valence-corrected chi connectivity index (χ1v) is 12.2. The van der Waals surface area contributed by atoms with Crippen molar-refractivity contribution in [2.24, 2.45) is 0 Å². The highest BCUT2D eigenvalue weighted by Gasteiger charge is 2.44. The third kappa shape index (κ3) is 4.77. The molecule has 35 heavy (non-hydrogen) atoms. The molecule has 0 radical (unpaired) electrons. The average molecular weight is 494 g/mol. The summed E-state index contributed by atoms with van der Waals surface area (Å²) >= 11 is 1.24. The number of amides is 1. The molecule has 1 N–H and O–H groups in total. The predicted molar refractivity (Wildman–Crippen MR) is 132 cm³/mol. The molecule has 0 spiro atoms. The van der Waals surface area contributed by atoms with Crippen LogP contribution in [0.15, 0.2) is 54.1 Å². The molecule has 0 bridgehead atoms. The van der Waals surface area contributed by atoms with Crippen molar-refractivity contribution < 1.29 is 24.2 Å². The summed E-state index contributed by atoms with van der Waals surface area (Å²) in [5, 5.41) is 11.7. The highest BCUT2D eigenvalue weighted by Crippen LogP contribution is 2.43. The molecule has 4 rings (SSSR count). The van der Waals surface area contributed by atoms with Crippen molar-refractivity contribution in [3.8, 4) is 11.5 Å². The fraction of sp³-hybridized carbons (Fsp3) is 0.308. The Labute approximate surface area is 207 Å². The molecule has 3 aromatic rings. The lowest BCUT2D eigenvalue weighted by Gasteiger charge is -2.27. The van der Waals surface area contributed by atoms with E-state index < -0.39 is 23.5 Å². The Morgan fingerprint density at radius 2 is 1.89 bits per heavy atom. The number of aromatic nitrogens is 2. The number of aliphatic hydroxyl groups is 1. The number of ketones is 1. The van der Waals surface area contributed by atoms with Crippen LogP contribution in [0.1, 0.15) is 51.4 Å². The average Bonchev–Trinajstić information content (AvgIpc) is 3.31. The Morgan fingerprint density at radius 3 is 2.51 bits per heavy atom. The molecular formula is C26H27N3O5S. The minimum Gasteiger partial charge on any atom is -0.503 e. The second-order valence-electron chi connectivity index (χ2n) is 8.01. The quantitative estimate of drug-likeness (QED) is 0.430. The Bertz CT molecular complexity index is 1290. The summed E-state index contributed by atoms with van der Waals surface area (Å²) in [6.45, 7) is 8.35. The van der Waals surface area contributed by atoms with Crippen LogP contribution in [-0.4, -0.2) is 44.9 Å². The summed E-state index contributed by atoms with van der Waals surface area (Å²) in [7, 11) is 0. The number of benzene rings is 1. The third-order valence-corrected chi connectivity index (χ3v) is 6.69. The molecule has 9 heteroatoms. The van der Waals surface area contributed by atoms with E-state index in [1.54, 1.807) is 43.6 Å². The van der Waals surface area contributed by atoms with Crippen molar-refractivity contribution in [2.45, 2.75) is 40.3 Å². The minimum absolute atomic E-state index is 0.0252. The van der Waals surface area contributed by atoms with Gasteiger partial charge in [-0.25, -0.2) is 4.98 Å². The van der Waals surface area contributed by atoms with Crippen molar-refractivity contribution in [1.29, 1.82) is 0 Å². The molecule has 0 fully saturated rings. The van der Waals surface area contributed by atoms with Gasteiger partial charge in [-0.05, 0) is 57.0 Å². The molecule has 182 valence electrons. The van der Waals surface area contributed by atoms with Gasteiger partial charge in [0.1, 0.15) is 0 Å². The predicted octanol–water partition coefficient (Wildman–Crippen LogP) is 4.73. The Morgan fingerprint density at radius 1 is 1.14 bits per heavy atom. The molecule has 0 aliphatic carbocycles. The topological polar surface area (TPSA) is 102 Å². The maximum absolute atomic E-state index is 13.7. The van der Waals surface area contributed by atoms with Crippen molar-refractivity contribution in [3.63, 3.8) is 0 Å². The molecule has 1 aliphatic rings. The normalized spacial score (nSPS) is 15.6. The van der Waals surface area contributed by atoms with Gasteiger partial charge in [-0.1, -0.05) is 12.1 Å². The van der Waals surface area contributed by atoms with E-state index in [2.05, 4.69) is 9.97 Å². The third-order valence-electron chi connectivity index (χ3n) is 5.62. The number of carbonyl (C=O) groups is 2. The van der Waals surface area contributed by atoms with E-state index in [1.165, 1.54) is 16.2 Å². The number of aliphatic hydroxyl groups excluding tert-OH is 1. The first kappa shape index (κ1) is 24.4. The molecule has 1 aliphatic heterocycles. The number of hydrogen-bond donors (Lipinski definition) is 1. The van der Waals surface area contributed by atoms with Gasteiger partial charge in [0.2, 0.25) is 5.78 Å². The smallest absolute Gasteiger partial charge is 0.290 e. The molecule has 0 saturated heterocycles. The number of ether oxygens (including phenoxy) is 2. The molecule has 0 saturated carbocycles. The van der Waals surface area contributed by atoms with Crippen LogP contribution in [0.3, 0.4) is 0 Å². The number of thiazole rings is 1. The maximum Gasteiger partial charge on any atom is 0.290 e. The zero-order valence-corrected chi connectivity index (χ0v) is 20.9. The van der Waals surface area contributed by atoms with E-state index in [0.717, 1.165) is 10.6 Å². The van der Waals surface area contributed by atoms with Gasteiger partial charge < -0.3 is 19.5 Å². The van der Waals surface area contributed by atoms with Crippen LogP contribution in [0, 0.1) is 13.8 Å². The largest absolute Gasteiger partial charge is 0.503 e. The first-order chi connectivity index (χ1) is 16.8. The summed E-state index contributed by atoms with van der Waals surface area (Å²) in [5.74, 6) is -0.515. The number of aryl methyl sites for hydroxylation is 2. The molecule has 1 unspecified atom stereocenters. The van der Waals surface area contributed by atoms with Gasteiger partial charge in [-0.15, -0.1) is 11.3 Å². The molecule has 1 aromatic carbocycles. The number of hydrogen-bond acceptors (Lipinski definition) is 8. The summed E-state index contributed by atoms with van der Waals surface area (Å²) in [5.41, 5.74) is 1.99. The molecule has 2 aromatic heterocycles. The molecule has 1 atom stereocenters. The fourth-order valence-electron chi connectivity index (χ4n) is 4.19. The van der Waals surface area contributed by atoms with Gasteiger partial charge in [-0.3, -0.25) is 14.6 Å². The summed E-state index contributed by atoms with van der Waals surface area (Å²) in [6, 6.07) is 8.10. The van der Waals surface area contributed by atoms with Gasteiger partial charge in [0.15, 0.2) is 17.3 Å². The minimum atomic E-state index is -0.827. The molecular weight excluding hydrogens is 466 g/mol.